The van der Waals surface area contributed by atoms with Gasteiger partial charge in [0, 0.05) is 25.0 Å². The number of methoxy groups -OCH3 is 1. The predicted molar refractivity (Wildman–Crippen MR) is 107 cm³/mol. The van der Waals surface area contributed by atoms with Gasteiger partial charge >= 0.3 is 5.97 Å². The van der Waals surface area contributed by atoms with Crippen molar-refractivity contribution in [3.8, 4) is 0 Å². The lowest BCUT2D eigenvalue weighted by atomic mass is 9.99. The standard InChI is InChI=1S/C22H25N3O2/c1-14-15(2)25(16(3)22(26)27-4)21-19(9-11-23-20(14)21)24-12-10-17-7-5-6-8-18(17)13-24/h5-9,11,16H,10,12-13H2,1-4H3. The van der Waals surface area contributed by atoms with Crippen LogP contribution in [-0.2, 0) is 22.5 Å². The highest BCUT2D eigenvalue weighted by atomic mass is 16.5. The molecule has 3 aromatic rings. The fraction of sp³-hybridized carbons (Fsp3) is 0.364. The molecule has 1 unspecified atom stereocenters. The Bertz CT molecular complexity index is 1020. The van der Waals surface area contributed by atoms with Gasteiger partial charge in [-0.25, -0.2) is 4.79 Å². The second kappa shape index (κ2) is 6.72. The van der Waals surface area contributed by atoms with Crippen LogP contribution in [0, 0.1) is 13.8 Å². The van der Waals surface area contributed by atoms with E-state index in [4.69, 9.17) is 4.74 Å². The molecule has 0 radical (unpaired) electrons. The summed E-state index contributed by atoms with van der Waals surface area (Å²) in [6.45, 7) is 7.82. The predicted octanol–water partition coefficient (Wildman–Crippen LogP) is 3.95. The summed E-state index contributed by atoms with van der Waals surface area (Å²) in [7, 11) is 1.44. The topological polar surface area (TPSA) is 47.4 Å². The molecule has 0 bridgehead atoms. The zero-order valence-corrected chi connectivity index (χ0v) is 16.3. The summed E-state index contributed by atoms with van der Waals surface area (Å²) in [5, 5.41) is 0. The highest BCUT2D eigenvalue weighted by Crippen LogP contribution is 2.36. The van der Waals surface area contributed by atoms with Gasteiger partial charge in [0.15, 0.2) is 0 Å². The lowest BCUT2D eigenvalue weighted by Gasteiger charge is -2.32. The third kappa shape index (κ3) is 2.78. The summed E-state index contributed by atoms with van der Waals surface area (Å²) in [6, 6.07) is 10.3. The van der Waals surface area contributed by atoms with Gasteiger partial charge in [-0.3, -0.25) is 4.98 Å². The van der Waals surface area contributed by atoms with Crippen molar-refractivity contribution in [2.45, 2.75) is 39.8 Å². The zero-order valence-electron chi connectivity index (χ0n) is 16.3. The van der Waals surface area contributed by atoms with Gasteiger partial charge in [0.05, 0.1) is 23.8 Å². The van der Waals surface area contributed by atoms with Crippen LogP contribution in [0.4, 0.5) is 5.69 Å². The van der Waals surface area contributed by atoms with Crippen LogP contribution in [0.25, 0.3) is 11.0 Å². The van der Waals surface area contributed by atoms with Crippen LogP contribution >= 0.6 is 0 Å². The Morgan fingerprint density at radius 2 is 1.93 bits per heavy atom. The first-order chi connectivity index (χ1) is 13.0. The fourth-order valence-electron chi connectivity index (χ4n) is 4.19. The molecular weight excluding hydrogens is 338 g/mol. The highest BCUT2D eigenvalue weighted by Gasteiger charge is 2.26. The Labute approximate surface area is 159 Å². The van der Waals surface area contributed by atoms with Crippen molar-refractivity contribution in [1.82, 2.24) is 9.55 Å². The number of carbonyl (C=O) groups is 1. The number of ether oxygens (including phenoxy) is 1. The Morgan fingerprint density at radius 1 is 1.19 bits per heavy atom. The Morgan fingerprint density at radius 3 is 2.67 bits per heavy atom. The number of carbonyl (C=O) groups excluding carboxylic acids is 1. The first-order valence-electron chi connectivity index (χ1n) is 9.38. The first kappa shape index (κ1) is 17.6. The van der Waals surface area contributed by atoms with Crippen molar-refractivity contribution in [3.63, 3.8) is 0 Å². The Kier molecular flexibility index (Phi) is 4.38. The molecule has 2 aromatic heterocycles. The molecule has 0 saturated carbocycles. The minimum Gasteiger partial charge on any atom is -0.467 e. The summed E-state index contributed by atoms with van der Waals surface area (Å²) < 4.78 is 7.10. The number of rotatable bonds is 3. The molecule has 4 rings (SSSR count). The van der Waals surface area contributed by atoms with Crippen molar-refractivity contribution in [1.29, 1.82) is 0 Å². The molecule has 0 aliphatic carbocycles. The molecule has 1 aliphatic heterocycles. The van der Waals surface area contributed by atoms with Gasteiger partial charge in [0.1, 0.15) is 6.04 Å². The van der Waals surface area contributed by atoms with Crippen LogP contribution in [0.1, 0.15) is 35.3 Å². The molecule has 0 amide bonds. The Hall–Kier alpha value is -2.82. The first-order valence-corrected chi connectivity index (χ1v) is 9.38. The second-order valence-electron chi connectivity index (χ2n) is 7.25. The number of pyridine rings is 1. The van der Waals surface area contributed by atoms with Gasteiger partial charge in [0.25, 0.3) is 0 Å². The molecule has 1 atom stereocenters. The lowest BCUT2D eigenvalue weighted by Crippen LogP contribution is -2.31. The molecule has 1 aliphatic rings. The monoisotopic (exact) mass is 363 g/mol. The highest BCUT2D eigenvalue weighted by molar-refractivity contribution is 5.94. The molecule has 5 nitrogen and oxygen atoms in total. The van der Waals surface area contributed by atoms with E-state index in [9.17, 15) is 4.79 Å². The van der Waals surface area contributed by atoms with E-state index in [-0.39, 0.29) is 5.97 Å². The zero-order chi connectivity index (χ0) is 19.1. The van der Waals surface area contributed by atoms with E-state index < -0.39 is 6.04 Å². The molecule has 0 spiro atoms. The number of nitrogens with zero attached hydrogens (tertiary/aromatic N) is 3. The second-order valence-corrected chi connectivity index (χ2v) is 7.25. The van der Waals surface area contributed by atoms with E-state index in [1.54, 1.807) is 0 Å². The average molecular weight is 363 g/mol. The minimum atomic E-state index is -0.397. The molecule has 0 fully saturated rings. The molecule has 0 saturated heterocycles. The van der Waals surface area contributed by atoms with Crippen LogP contribution in [0.15, 0.2) is 36.5 Å². The van der Waals surface area contributed by atoms with Crippen LogP contribution in [-0.4, -0.2) is 29.2 Å². The normalized spacial score (nSPS) is 14.9. The van der Waals surface area contributed by atoms with Gasteiger partial charge < -0.3 is 14.2 Å². The SMILES string of the molecule is COC(=O)C(C)n1c(C)c(C)c2nccc(N3CCc4ccccc4C3)c21. The number of benzene rings is 1. The van der Waals surface area contributed by atoms with E-state index >= 15 is 0 Å². The number of anilines is 1. The molecular formula is C22H25N3O2. The van der Waals surface area contributed by atoms with Gasteiger partial charge in [-0.2, -0.15) is 0 Å². The summed E-state index contributed by atoms with van der Waals surface area (Å²) in [5.74, 6) is -0.242. The maximum atomic E-state index is 12.3. The average Bonchev–Trinajstić information content (AvgIpc) is 2.97. The molecule has 140 valence electrons. The summed E-state index contributed by atoms with van der Waals surface area (Å²) in [6.07, 6.45) is 2.89. The van der Waals surface area contributed by atoms with Crippen molar-refractivity contribution in [2.24, 2.45) is 0 Å². The van der Waals surface area contributed by atoms with Crippen molar-refractivity contribution in [3.05, 3.63) is 58.9 Å². The quantitative estimate of drug-likeness (QED) is 0.661. The third-order valence-electron chi connectivity index (χ3n) is 5.80. The van der Waals surface area contributed by atoms with Gasteiger partial charge in [-0.1, -0.05) is 24.3 Å². The summed E-state index contributed by atoms with van der Waals surface area (Å²) in [5.41, 5.74) is 8.05. The van der Waals surface area contributed by atoms with E-state index in [1.807, 2.05) is 20.0 Å². The summed E-state index contributed by atoms with van der Waals surface area (Å²) in [4.78, 5) is 19.3. The van der Waals surface area contributed by atoms with Crippen LogP contribution in [0.2, 0.25) is 0 Å². The molecule has 5 heteroatoms. The van der Waals surface area contributed by atoms with E-state index in [0.29, 0.717) is 0 Å². The molecule has 27 heavy (non-hydrogen) atoms. The number of hydrogen-bond acceptors (Lipinski definition) is 4. The third-order valence-corrected chi connectivity index (χ3v) is 5.80. The number of aryl methyl sites for hydroxylation is 1. The Balaban J connectivity index is 1.87. The van der Waals surface area contributed by atoms with E-state index in [1.165, 1.54) is 18.2 Å². The smallest absolute Gasteiger partial charge is 0.328 e. The number of fused-ring (bicyclic) bond motifs is 2. The van der Waals surface area contributed by atoms with Crippen molar-refractivity contribution >= 4 is 22.7 Å². The van der Waals surface area contributed by atoms with Crippen molar-refractivity contribution < 1.29 is 9.53 Å². The largest absolute Gasteiger partial charge is 0.467 e. The summed E-state index contributed by atoms with van der Waals surface area (Å²) >= 11 is 0. The number of hydrogen-bond donors (Lipinski definition) is 0. The van der Waals surface area contributed by atoms with Crippen molar-refractivity contribution in [2.75, 3.05) is 18.6 Å². The minimum absolute atomic E-state index is 0.242. The lowest BCUT2D eigenvalue weighted by molar-refractivity contribution is -0.143. The molecule has 3 heterocycles. The van der Waals surface area contributed by atoms with E-state index in [0.717, 1.165) is 47.5 Å². The van der Waals surface area contributed by atoms with Gasteiger partial charge in [0.2, 0.25) is 0 Å². The maximum absolute atomic E-state index is 12.3. The fourth-order valence-corrected chi connectivity index (χ4v) is 4.19. The van der Waals surface area contributed by atoms with Crippen LogP contribution < -0.4 is 4.90 Å². The van der Waals surface area contributed by atoms with Crippen LogP contribution in [0.3, 0.4) is 0 Å². The van der Waals surface area contributed by atoms with Gasteiger partial charge in [-0.05, 0) is 49.9 Å². The molecule has 1 aromatic carbocycles. The van der Waals surface area contributed by atoms with Crippen LogP contribution in [0.5, 0.6) is 0 Å². The number of aromatic nitrogens is 2. The van der Waals surface area contributed by atoms with E-state index in [2.05, 4.69) is 51.7 Å². The number of esters is 1. The maximum Gasteiger partial charge on any atom is 0.328 e. The molecule has 0 N–H and O–H groups in total. The van der Waals surface area contributed by atoms with Gasteiger partial charge in [-0.15, -0.1) is 0 Å².